The summed E-state index contributed by atoms with van der Waals surface area (Å²) in [6.07, 6.45) is 2.49. The fourth-order valence-electron chi connectivity index (χ4n) is 2.73. The van der Waals surface area contributed by atoms with E-state index in [4.69, 9.17) is 5.73 Å². The second-order valence-electron chi connectivity index (χ2n) is 5.66. The SMILES string of the molecule is CCCc1nc2c(c(=O)n(CCN)c(=O)n2C(C)CC)n1C. The Morgan fingerprint density at radius 1 is 1.27 bits per heavy atom. The number of hydrogen-bond donors (Lipinski definition) is 1. The van der Waals surface area contributed by atoms with Crippen LogP contribution in [0.15, 0.2) is 9.59 Å². The monoisotopic (exact) mass is 307 g/mol. The van der Waals surface area contributed by atoms with Gasteiger partial charge in [0.15, 0.2) is 11.2 Å². The highest BCUT2D eigenvalue weighted by molar-refractivity contribution is 5.71. The molecule has 0 aliphatic rings. The summed E-state index contributed by atoms with van der Waals surface area (Å²) in [6.45, 7) is 6.51. The number of fused-ring (bicyclic) bond motifs is 1. The Kier molecular flexibility index (Phi) is 4.85. The lowest BCUT2D eigenvalue weighted by molar-refractivity contribution is 0.485. The Labute approximate surface area is 129 Å². The maximum atomic E-state index is 12.7. The molecular weight excluding hydrogens is 282 g/mol. The van der Waals surface area contributed by atoms with Gasteiger partial charge >= 0.3 is 5.69 Å². The summed E-state index contributed by atoms with van der Waals surface area (Å²) in [7, 11) is 1.83. The molecule has 2 heterocycles. The molecule has 2 N–H and O–H groups in total. The number of rotatable bonds is 6. The van der Waals surface area contributed by atoms with Crippen LogP contribution < -0.4 is 17.0 Å². The van der Waals surface area contributed by atoms with E-state index in [0.717, 1.165) is 25.1 Å². The van der Waals surface area contributed by atoms with E-state index in [2.05, 4.69) is 11.9 Å². The lowest BCUT2D eigenvalue weighted by Gasteiger charge is -2.16. The van der Waals surface area contributed by atoms with E-state index in [0.29, 0.717) is 11.2 Å². The van der Waals surface area contributed by atoms with Gasteiger partial charge in [-0.25, -0.2) is 9.78 Å². The summed E-state index contributed by atoms with van der Waals surface area (Å²) >= 11 is 0. The van der Waals surface area contributed by atoms with Crippen molar-refractivity contribution in [2.24, 2.45) is 12.8 Å². The zero-order chi connectivity index (χ0) is 16.4. The molecule has 0 aliphatic heterocycles. The molecule has 22 heavy (non-hydrogen) atoms. The number of aromatic nitrogens is 4. The Morgan fingerprint density at radius 3 is 2.50 bits per heavy atom. The first-order valence-corrected chi connectivity index (χ1v) is 7.88. The van der Waals surface area contributed by atoms with E-state index in [1.807, 2.05) is 25.5 Å². The van der Waals surface area contributed by atoms with Crippen molar-refractivity contribution in [1.29, 1.82) is 0 Å². The lowest BCUT2D eigenvalue weighted by Crippen LogP contribution is -2.42. The van der Waals surface area contributed by atoms with Crippen molar-refractivity contribution in [2.45, 2.75) is 52.6 Å². The number of nitrogens with zero attached hydrogens (tertiary/aromatic N) is 4. The zero-order valence-electron chi connectivity index (χ0n) is 13.8. The van der Waals surface area contributed by atoms with Crippen molar-refractivity contribution in [3.8, 4) is 0 Å². The van der Waals surface area contributed by atoms with Crippen LogP contribution in [-0.2, 0) is 20.0 Å². The highest BCUT2D eigenvalue weighted by Crippen LogP contribution is 2.16. The molecule has 2 aromatic heterocycles. The largest absolute Gasteiger partial charge is 0.333 e. The molecule has 7 heteroatoms. The van der Waals surface area contributed by atoms with Crippen molar-refractivity contribution >= 4 is 11.2 Å². The molecule has 0 saturated carbocycles. The van der Waals surface area contributed by atoms with Gasteiger partial charge in [0.05, 0.1) is 0 Å². The third-order valence-corrected chi connectivity index (χ3v) is 4.14. The van der Waals surface area contributed by atoms with Crippen molar-refractivity contribution in [3.05, 3.63) is 26.7 Å². The van der Waals surface area contributed by atoms with Gasteiger partial charge < -0.3 is 10.3 Å². The van der Waals surface area contributed by atoms with Crippen molar-refractivity contribution in [2.75, 3.05) is 6.54 Å². The van der Waals surface area contributed by atoms with Gasteiger partial charge in [0.2, 0.25) is 0 Å². The molecule has 0 radical (unpaired) electrons. The van der Waals surface area contributed by atoms with Crippen molar-refractivity contribution in [1.82, 2.24) is 18.7 Å². The van der Waals surface area contributed by atoms with Crippen LogP contribution in [0.3, 0.4) is 0 Å². The lowest BCUT2D eigenvalue weighted by atomic mass is 10.2. The molecule has 0 saturated heterocycles. The second kappa shape index (κ2) is 6.48. The van der Waals surface area contributed by atoms with Crippen LogP contribution in [0.2, 0.25) is 0 Å². The molecule has 2 rings (SSSR count). The first-order chi connectivity index (χ1) is 10.5. The molecule has 7 nitrogen and oxygen atoms in total. The maximum Gasteiger partial charge on any atom is 0.333 e. The minimum atomic E-state index is -0.321. The van der Waals surface area contributed by atoms with Crippen LogP contribution in [0.5, 0.6) is 0 Å². The summed E-state index contributed by atoms with van der Waals surface area (Å²) in [6, 6.07) is -0.0241. The first kappa shape index (κ1) is 16.5. The molecule has 0 spiro atoms. The minimum Gasteiger partial charge on any atom is -0.329 e. The number of hydrogen-bond acceptors (Lipinski definition) is 4. The van der Waals surface area contributed by atoms with E-state index in [9.17, 15) is 9.59 Å². The van der Waals surface area contributed by atoms with Gasteiger partial charge in [0.25, 0.3) is 5.56 Å². The van der Waals surface area contributed by atoms with Crippen LogP contribution >= 0.6 is 0 Å². The molecule has 0 aliphatic carbocycles. The van der Waals surface area contributed by atoms with Crippen LogP contribution in [0.1, 0.15) is 45.5 Å². The molecule has 0 amide bonds. The van der Waals surface area contributed by atoms with Crippen LogP contribution in [0, 0.1) is 0 Å². The van der Waals surface area contributed by atoms with Crippen LogP contribution in [-0.4, -0.2) is 25.2 Å². The Bertz CT molecular complexity index is 784. The fourth-order valence-corrected chi connectivity index (χ4v) is 2.73. The fraction of sp³-hybridized carbons (Fsp3) is 0.667. The smallest absolute Gasteiger partial charge is 0.329 e. The van der Waals surface area contributed by atoms with Gasteiger partial charge in [-0.2, -0.15) is 0 Å². The number of aryl methyl sites for hydroxylation is 2. The highest BCUT2D eigenvalue weighted by atomic mass is 16.2. The molecule has 122 valence electrons. The van der Waals surface area contributed by atoms with Crippen molar-refractivity contribution in [3.63, 3.8) is 0 Å². The minimum absolute atomic E-state index is 0.0241. The van der Waals surface area contributed by atoms with Gasteiger partial charge in [-0.3, -0.25) is 13.9 Å². The topological polar surface area (TPSA) is 87.8 Å². The van der Waals surface area contributed by atoms with E-state index < -0.39 is 0 Å². The Hall–Kier alpha value is -1.89. The summed E-state index contributed by atoms with van der Waals surface area (Å²) in [5.74, 6) is 0.830. The predicted molar refractivity (Wildman–Crippen MR) is 87.3 cm³/mol. The Balaban J connectivity index is 2.93. The summed E-state index contributed by atoms with van der Waals surface area (Å²) < 4.78 is 4.67. The molecule has 1 atom stereocenters. The van der Waals surface area contributed by atoms with Crippen LogP contribution in [0.25, 0.3) is 11.2 Å². The predicted octanol–water partition coefficient (Wildman–Crippen LogP) is 0.779. The van der Waals surface area contributed by atoms with Gasteiger partial charge in [-0.1, -0.05) is 13.8 Å². The standard InChI is InChI=1S/C15H25N5O2/c1-5-7-11-17-13-12(18(11)4)14(21)19(9-8-16)15(22)20(13)10(3)6-2/h10H,5-9,16H2,1-4H3. The molecule has 2 aromatic rings. The average molecular weight is 307 g/mol. The van der Waals surface area contributed by atoms with Gasteiger partial charge in [0, 0.05) is 32.6 Å². The average Bonchev–Trinajstić information content (AvgIpc) is 2.80. The third-order valence-electron chi connectivity index (χ3n) is 4.14. The van der Waals surface area contributed by atoms with E-state index in [1.165, 1.54) is 4.57 Å². The highest BCUT2D eigenvalue weighted by Gasteiger charge is 2.21. The normalized spacial score (nSPS) is 13.0. The van der Waals surface area contributed by atoms with E-state index in [1.54, 1.807) is 4.57 Å². The van der Waals surface area contributed by atoms with Crippen LogP contribution in [0.4, 0.5) is 0 Å². The Morgan fingerprint density at radius 2 is 1.95 bits per heavy atom. The molecule has 1 unspecified atom stereocenters. The molecule has 0 bridgehead atoms. The first-order valence-electron chi connectivity index (χ1n) is 7.88. The van der Waals surface area contributed by atoms with E-state index >= 15 is 0 Å². The summed E-state index contributed by atoms with van der Waals surface area (Å²) in [5, 5.41) is 0. The summed E-state index contributed by atoms with van der Waals surface area (Å²) in [5.41, 5.74) is 5.91. The quantitative estimate of drug-likeness (QED) is 0.854. The van der Waals surface area contributed by atoms with Gasteiger partial charge in [0.1, 0.15) is 5.82 Å². The molecular formula is C15H25N5O2. The molecule has 0 aromatic carbocycles. The van der Waals surface area contributed by atoms with Gasteiger partial charge in [-0.15, -0.1) is 0 Å². The number of imidazole rings is 1. The van der Waals surface area contributed by atoms with Gasteiger partial charge in [-0.05, 0) is 19.8 Å². The second-order valence-corrected chi connectivity index (χ2v) is 5.66. The van der Waals surface area contributed by atoms with E-state index in [-0.39, 0.29) is 30.4 Å². The maximum absolute atomic E-state index is 12.7. The van der Waals surface area contributed by atoms with Crippen molar-refractivity contribution < 1.29 is 0 Å². The zero-order valence-corrected chi connectivity index (χ0v) is 13.8. The molecule has 0 fully saturated rings. The third kappa shape index (κ3) is 2.49. The summed E-state index contributed by atoms with van der Waals surface area (Å²) in [4.78, 5) is 29.9. The number of nitrogens with two attached hydrogens (primary N) is 1.